The number of aromatic hydroxyl groups is 1. The van der Waals surface area contributed by atoms with Crippen LogP contribution in [0.5, 0.6) is 5.75 Å². The van der Waals surface area contributed by atoms with Gasteiger partial charge in [-0.2, -0.15) is 5.10 Å². The number of benzene rings is 2. The molecule has 1 amide bonds. The molecular weight excluding hydrogens is 290 g/mol. The second kappa shape index (κ2) is 8.51. The lowest BCUT2D eigenvalue weighted by atomic mass is 10.1. The number of nitrogens with two attached hydrogens (primary N) is 1. The Kier molecular flexibility index (Phi) is 6.08. The predicted molar refractivity (Wildman–Crippen MR) is 91.9 cm³/mol. The zero-order chi connectivity index (χ0) is 16.5. The van der Waals surface area contributed by atoms with Crippen LogP contribution in [0.25, 0.3) is 6.08 Å². The first-order valence-electron chi connectivity index (χ1n) is 7.23. The summed E-state index contributed by atoms with van der Waals surface area (Å²) < 4.78 is 0. The van der Waals surface area contributed by atoms with Crippen LogP contribution < -0.4 is 11.2 Å². The summed E-state index contributed by atoms with van der Waals surface area (Å²) in [7, 11) is 0. The van der Waals surface area contributed by atoms with Crippen LogP contribution >= 0.6 is 0 Å². The predicted octanol–water partition coefficient (Wildman–Crippen LogP) is 2.08. The Bertz CT molecular complexity index is 679. The highest BCUT2D eigenvalue weighted by molar-refractivity contribution is 5.84. The van der Waals surface area contributed by atoms with Crippen molar-refractivity contribution in [3.8, 4) is 5.75 Å². The molecule has 0 aliphatic carbocycles. The highest BCUT2D eigenvalue weighted by Gasteiger charge is 2.13. The Balaban J connectivity index is 1.78. The van der Waals surface area contributed by atoms with E-state index in [1.807, 2.05) is 36.4 Å². The molecule has 0 spiro atoms. The minimum atomic E-state index is -0.699. The molecule has 5 heteroatoms. The number of phenols is 1. The fraction of sp³-hybridized carbons (Fsp3) is 0.111. The zero-order valence-corrected chi connectivity index (χ0v) is 12.6. The van der Waals surface area contributed by atoms with Gasteiger partial charge in [-0.3, -0.25) is 4.79 Å². The third kappa shape index (κ3) is 5.76. The first-order chi connectivity index (χ1) is 11.1. The van der Waals surface area contributed by atoms with Gasteiger partial charge in [0, 0.05) is 6.21 Å². The van der Waals surface area contributed by atoms with E-state index < -0.39 is 6.04 Å². The molecule has 2 rings (SSSR count). The molecule has 2 aromatic carbocycles. The molecule has 0 saturated carbocycles. The summed E-state index contributed by atoms with van der Waals surface area (Å²) >= 11 is 0. The monoisotopic (exact) mass is 309 g/mol. The average Bonchev–Trinajstić information content (AvgIpc) is 2.57. The van der Waals surface area contributed by atoms with E-state index in [1.165, 1.54) is 6.21 Å². The van der Waals surface area contributed by atoms with E-state index in [9.17, 15) is 9.90 Å². The topological polar surface area (TPSA) is 87.7 Å². The van der Waals surface area contributed by atoms with Crippen LogP contribution in [0.2, 0.25) is 0 Å². The molecule has 0 aliphatic heterocycles. The third-order valence-electron chi connectivity index (χ3n) is 3.15. The fourth-order valence-corrected chi connectivity index (χ4v) is 1.92. The van der Waals surface area contributed by atoms with Crippen LogP contribution in [-0.4, -0.2) is 23.3 Å². The number of rotatable bonds is 6. The van der Waals surface area contributed by atoms with E-state index in [1.54, 1.807) is 30.3 Å². The highest BCUT2D eigenvalue weighted by atomic mass is 16.3. The van der Waals surface area contributed by atoms with Gasteiger partial charge in [-0.05, 0) is 35.8 Å². The van der Waals surface area contributed by atoms with Crippen LogP contribution in [0.4, 0.5) is 0 Å². The quantitative estimate of drug-likeness (QED) is 0.564. The van der Waals surface area contributed by atoms with Gasteiger partial charge in [-0.1, -0.05) is 48.5 Å². The summed E-state index contributed by atoms with van der Waals surface area (Å²) in [5.74, 6) is -0.177. The standard InChI is InChI=1S/C18H19N3O2/c19-17(13-15-8-10-16(22)11-9-15)18(23)21-20-12-4-7-14-5-2-1-3-6-14/h1-12,17,22H,13,19H2,(H,21,23)/b7-4+,20-12+. The fourth-order valence-electron chi connectivity index (χ4n) is 1.92. The molecule has 0 radical (unpaired) electrons. The number of hydrogen-bond donors (Lipinski definition) is 3. The maximum absolute atomic E-state index is 11.8. The third-order valence-corrected chi connectivity index (χ3v) is 3.15. The summed E-state index contributed by atoms with van der Waals surface area (Å²) in [5.41, 5.74) is 10.2. The van der Waals surface area contributed by atoms with E-state index in [0.717, 1.165) is 11.1 Å². The number of hydrogen-bond acceptors (Lipinski definition) is 4. The molecule has 0 fully saturated rings. The first kappa shape index (κ1) is 16.5. The van der Waals surface area contributed by atoms with E-state index >= 15 is 0 Å². The molecule has 0 saturated heterocycles. The molecule has 4 N–H and O–H groups in total. The summed E-state index contributed by atoms with van der Waals surface area (Å²) in [4.78, 5) is 11.8. The lowest BCUT2D eigenvalue weighted by Crippen LogP contribution is -2.39. The molecule has 5 nitrogen and oxygen atoms in total. The van der Waals surface area contributed by atoms with Crippen LogP contribution in [0.3, 0.4) is 0 Å². The van der Waals surface area contributed by atoms with Crippen LogP contribution in [-0.2, 0) is 11.2 Å². The summed E-state index contributed by atoms with van der Waals surface area (Å²) in [5, 5.41) is 13.0. The molecule has 0 bridgehead atoms. The van der Waals surface area contributed by atoms with Crippen LogP contribution in [0.1, 0.15) is 11.1 Å². The minimum Gasteiger partial charge on any atom is -0.508 e. The largest absolute Gasteiger partial charge is 0.508 e. The Hall–Kier alpha value is -2.92. The number of amides is 1. The maximum Gasteiger partial charge on any atom is 0.257 e. The summed E-state index contributed by atoms with van der Waals surface area (Å²) in [6, 6.07) is 15.7. The molecule has 118 valence electrons. The number of carbonyl (C=O) groups is 1. The Morgan fingerprint density at radius 2 is 1.87 bits per heavy atom. The Morgan fingerprint density at radius 1 is 1.17 bits per heavy atom. The van der Waals surface area contributed by atoms with Gasteiger partial charge in [-0.15, -0.1) is 0 Å². The SMILES string of the molecule is NC(Cc1ccc(O)cc1)C(=O)N/N=C/C=C/c1ccccc1. The molecule has 1 unspecified atom stereocenters. The van der Waals surface area contributed by atoms with Crippen molar-refractivity contribution in [1.29, 1.82) is 0 Å². The van der Waals surface area contributed by atoms with Crippen molar-refractivity contribution in [1.82, 2.24) is 5.43 Å². The number of allylic oxidation sites excluding steroid dienone is 1. The van der Waals surface area contributed by atoms with Gasteiger partial charge in [-0.25, -0.2) is 5.43 Å². The van der Waals surface area contributed by atoms with E-state index in [2.05, 4.69) is 10.5 Å². The highest BCUT2D eigenvalue weighted by Crippen LogP contribution is 2.10. The first-order valence-corrected chi connectivity index (χ1v) is 7.23. The lowest BCUT2D eigenvalue weighted by molar-refractivity contribution is -0.122. The van der Waals surface area contributed by atoms with Gasteiger partial charge in [0.05, 0.1) is 6.04 Å². The van der Waals surface area contributed by atoms with Crippen molar-refractivity contribution < 1.29 is 9.90 Å². The van der Waals surface area contributed by atoms with Gasteiger partial charge < -0.3 is 10.8 Å². The summed E-state index contributed by atoms with van der Waals surface area (Å²) in [6.07, 6.45) is 5.49. The number of carbonyl (C=O) groups excluding carboxylic acids is 1. The molecule has 2 aromatic rings. The number of nitrogens with one attached hydrogen (secondary N) is 1. The van der Waals surface area contributed by atoms with Crippen molar-refractivity contribution in [2.45, 2.75) is 12.5 Å². The summed E-state index contributed by atoms with van der Waals surface area (Å²) in [6.45, 7) is 0. The minimum absolute atomic E-state index is 0.182. The average molecular weight is 309 g/mol. The van der Waals surface area contributed by atoms with Gasteiger partial charge >= 0.3 is 0 Å². The lowest BCUT2D eigenvalue weighted by Gasteiger charge is -2.09. The maximum atomic E-state index is 11.8. The normalized spacial score (nSPS) is 12.6. The zero-order valence-electron chi connectivity index (χ0n) is 12.6. The van der Waals surface area contributed by atoms with Gasteiger partial charge in [0.2, 0.25) is 0 Å². The van der Waals surface area contributed by atoms with Crippen molar-refractivity contribution in [3.05, 3.63) is 71.8 Å². The Labute approximate surface area is 135 Å². The van der Waals surface area contributed by atoms with Crippen molar-refractivity contribution >= 4 is 18.2 Å². The smallest absolute Gasteiger partial charge is 0.257 e. The molecule has 0 heterocycles. The van der Waals surface area contributed by atoms with Crippen LogP contribution in [0.15, 0.2) is 65.8 Å². The number of nitrogens with zero attached hydrogens (tertiary/aromatic N) is 1. The second-order valence-corrected chi connectivity index (χ2v) is 5.00. The van der Waals surface area contributed by atoms with Gasteiger partial charge in [0.1, 0.15) is 5.75 Å². The molecule has 0 aliphatic rings. The van der Waals surface area contributed by atoms with Crippen LogP contribution in [0, 0.1) is 0 Å². The number of hydrazone groups is 1. The van der Waals surface area contributed by atoms with Crippen molar-refractivity contribution in [2.75, 3.05) is 0 Å². The van der Waals surface area contributed by atoms with E-state index in [4.69, 9.17) is 5.73 Å². The van der Waals surface area contributed by atoms with Crippen molar-refractivity contribution in [3.63, 3.8) is 0 Å². The van der Waals surface area contributed by atoms with E-state index in [0.29, 0.717) is 6.42 Å². The molecule has 0 aromatic heterocycles. The Morgan fingerprint density at radius 3 is 2.57 bits per heavy atom. The molecule has 1 atom stereocenters. The van der Waals surface area contributed by atoms with Crippen molar-refractivity contribution in [2.24, 2.45) is 10.8 Å². The second-order valence-electron chi connectivity index (χ2n) is 5.00. The molecular formula is C18H19N3O2. The van der Waals surface area contributed by atoms with Gasteiger partial charge in [0.15, 0.2) is 0 Å². The van der Waals surface area contributed by atoms with E-state index in [-0.39, 0.29) is 11.7 Å². The number of phenolic OH excluding ortho intramolecular Hbond substituents is 1. The molecule has 23 heavy (non-hydrogen) atoms. The van der Waals surface area contributed by atoms with Gasteiger partial charge in [0.25, 0.3) is 5.91 Å².